The van der Waals surface area contributed by atoms with Gasteiger partial charge in [0.25, 0.3) is 0 Å². The third kappa shape index (κ3) is 2.13. The maximum absolute atomic E-state index is 12.4. The van der Waals surface area contributed by atoms with Crippen molar-refractivity contribution in [1.82, 2.24) is 4.57 Å². The van der Waals surface area contributed by atoms with Crippen LogP contribution in [0.25, 0.3) is 0 Å². The molecule has 1 fully saturated rings. The molecule has 1 aromatic rings. The van der Waals surface area contributed by atoms with Crippen LogP contribution in [-0.4, -0.2) is 10.4 Å². The Hall–Kier alpha value is -1.05. The summed E-state index contributed by atoms with van der Waals surface area (Å²) in [7, 11) is 0. The van der Waals surface area contributed by atoms with Crippen molar-refractivity contribution >= 4 is 5.78 Å². The van der Waals surface area contributed by atoms with E-state index >= 15 is 0 Å². The fourth-order valence-corrected chi connectivity index (χ4v) is 4.44. The highest BCUT2D eigenvalue weighted by Crippen LogP contribution is 2.42. The molecule has 2 heteroatoms. The number of fused-ring (bicyclic) bond motifs is 1. The van der Waals surface area contributed by atoms with Gasteiger partial charge in [0.15, 0.2) is 5.78 Å². The highest BCUT2D eigenvalue weighted by molar-refractivity contribution is 5.99. The molecule has 0 radical (unpaired) electrons. The van der Waals surface area contributed by atoms with Crippen molar-refractivity contribution in [2.45, 2.75) is 78.2 Å². The maximum atomic E-state index is 12.4. The molecule has 2 aliphatic rings. The first-order valence-corrected chi connectivity index (χ1v) is 8.07. The summed E-state index contributed by atoms with van der Waals surface area (Å²) in [4.78, 5) is 12.4. The Morgan fingerprint density at radius 1 is 1.05 bits per heavy atom. The summed E-state index contributed by atoms with van der Waals surface area (Å²) in [6.07, 6.45) is 8.24. The average Bonchev–Trinajstić information content (AvgIpc) is 2.66. The lowest BCUT2D eigenvalue weighted by atomic mass is 9.75. The summed E-state index contributed by atoms with van der Waals surface area (Å²) in [6.45, 7) is 9.03. The van der Waals surface area contributed by atoms with E-state index in [1.165, 1.54) is 43.5 Å². The maximum Gasteiger partial charge on any atom is 0.165 e. The third-order valence-electron chi connectivity index (χ3n) is 5.34. The molecule has 0 atom stereocenters. The predicted octanol–water partition coefficient (Wildman–Crippen LogP) is 4.63. The number of hydrogen-bond acceptors (Lipinski definition) is 1. The van der Waals surface area contributed by atoms with Gasteiger partial charge in [0, 0.05) is 28.9 Å². The van der Waals surface area contributed by atoms with Crippen molar-refractivity contribution in [1.29, 1.82) is 0 Å². The van der Waals surface area contributed by atoms with Crippen molar-refractivity contribution in [3.8, 4) is 0 Å². The van der Waals surface area contributed by atoms with Crippen LogP contribution in [-0.2, 0) is 12.0 Å². The Balaban J connectivity index is 2.11. The number of aryl methyl sites for hydroxylation is 1. The minimum absolute atomic E-state index is 0.109. The summed E-state index contributed by atoms with van der Waals surface area (Å²) < 4.78 is 2.53. The smallest absolute Gasteiger partial charge is 0.165 e. The number of ketones is 1. The molecular weight excluding hydrogens is 246 g/mol. The van der Waals surface area contributed by atoms with E-state index in [9.17, 15) is 4.79 Å². The molecule has 2 aliphatic carbocycles. The molecule has 1 saturated carbocycles. The lowest BCUT2D eigenvalue weighted by molar-refractivity contribution is 0.0905. The molecule has 1 aromatic heterocycles. The van der Waals surface area contributed by atoms with Gasteiger partial charge in [0.1, 0.15) is 0 Å². The number of Topliss-reactive ketones (excluding diaryl/α,β-unsaturated/α-hetero) is 1. The van der Waals surface area contributed by atoms with E-state index in [4.69, 9.17) is 0 Å². The van der Waals surface area contributed by atoms with Crippen LogP contribution in [0.1, 0.15) is 81.0 Å². The van der Waals surface area contributed by atoms with Crippen LogP contribution in [0.4, 0.5) is 0 Å². The largest absolute Gasteiger partial charge is 0.342 e. The highest BCUT2D eigenvalue weighted by atomic mass is 16.1. The zero-order valence-electron chi connectivity index (χ0n) is 13.4. The van der Waals surface area contributed by atoms with Gasteiger partial charge >= 0.3 is 0 Å². The van der Waals surface area contributed by atoms with E-state index in [2.05, 4.69) is 38.3 Å². The van der Waals surface area contributed by atoms with E-state index in [0.29, 0.717) is 12.2 Å². The predicted molar refractivity (Wildman–Crippen MR) is 82.3 cm³/mol. The first-order valence-electron chi connectivity index (χ1n) is 8.07. The van der Waals surface area contributed by atoms with Crippen molar-refractivity contribution < 1.29 is 4.79 Å². The Kier molecular flexibility index (Phi) is 3.11. The van der Waals surface area contributed by atoms with E-state index in [0.717, 1.165) is 12.0 Å². The van der Waals surface area contributed by atoms with Crippen LogP contribution in [0.2, 0.25) is 0 Å². The van der Waals surface area contributed by atoms with E-state index in [1.54, 1.807) is 0 Å². The normalized spacial score (nSPS) is 24.5. The lowest BCUT2D eigenvalue weighted by Crippen LogP contribution is -2.37. The number of carbonyl (C=O) groups is 1. The van der Waals surface area contributed by atoms with Gasteiger partial charge in [-0.15, -0.1) is 0 Å². The second kappa shape index (κ2) is 4.47. The first kappa shape index (κ1) is 13.9. The summed E-state index contributed by atoms with van der Waals surface area (Å²) >= 11 is 0. The molecule has 0 spiro atoms. The molecule has 0 aromatic carbocycles. The van der Waals surface area contributed by atoms with Gasteiger partial charge in [0.2, 0.25) is 0 Å². The van der Waals surface area contributed by atoms with Crippen molar-refractivity contribution in [2.24, 2.45) is 5.41 Å². The van der Waals surface area contributed by atoms with Crippen LogP contribution in [0.5, 0.6) is 0 Å². The Morgan fingerprint density at radius 2 is 1.70 bits per heavy atom. The average molecular weight is 273 g/mol. The summed E-state index contributed by atoms with van der Waals surface area (Å²) in [5.74, 6) is 0.345. The molecule has 0 saturated heterocycles. The fraction of sp³-hybridized carbons (Fsp3) is 0.722. The lowest BCUT2D eigenvalue weighted by Gasteiger charge is -2.40. The summed E-state index contributed by atoms with van der Waals surface area (Å²) in [5, 5.41) is 0. The van der Waals surface area contributed by atoms with Gasteiger partial charge in [-0.1, -0.05) is 33.1 Å². The fourth-order valence-electron chi connectivity index (χ4n) is 4.44. The Bertz CT molecular complexity index is 544. The molecule has 0 unspecified atom stereocenters. The molecule has 0 N–H and O–H groups in total. The number of hydrogen-bond donors (Lipinski definition) is 0. The molecule has 20 heavy (non-hydrogen) atoms. The van der Waals surface area contributed by atoms with E-state index < -0.39 is 0 Å². The first-order chi connectivity index (χ1) is 9.32. The molecular formula is C18H27NO. The van der Waals surface area contributed by atoms with Crippen LogP contribution in [0, 0.1) is 12.3 Å². The minimum Gasteiger partial charge on any atom is -0.342 e. The molecule has 0 bridgehead atoms. The second-order valence-corrected chi connectivity index (χ2v) is 7.98. The summed E-state index contributed by atoms with van der Waals surface area (Å²) in [6, 6.07) is 2.15. The molecule has 3 rings (SSSR count). The van der Waals surface area contributed by atoms with Gasteiger partial charge in [-0.25, -0.2) is 0 Å². The number of rotatable bonds is 1. The zero-order valence-corrected chi connectivity index (χ0v) is 13.4. The van der Waals surface area contributed by atoms with E-state index in [-0.39, 0.29) is 11.0 Å². The van der Waals surface area contributed by atoms with Gasteiger partial charge in [0.05, 0.1) is 0 Å². The van der Waals surface area contributed by atoms with Gasteiger partial charge in [-0.3, -0.25) is 4.79 Å². The molecule has 1 heterocycles. The molecule has 0 amide bonds. The Labute approximate surface area is 122 Å². The molecule has 0 aliphatic heterocycles. The van der Waals surface area contributed by atoms with Crippen molar-refractivity contribution in [3.05, 3.63) is 23.0 Å². The van der Waals surface area contributed by atoms with Crippen molar-refractivity contribution in [3.63, 3.8) is 0 Å². The van der Waals surface area contributed by atoms with Crippen LogP contribution in [0.15, 0.2) is 6.07 Å². The van der Waals surface area contributed by atoms with Crippen LogP contribution in [0.3, 0.4) is 0 Å². The van der Waals surface area contributed by atoms with E-state index in [1.807, 2.05) is 0 Å². The third-order valence-corrected chi connectivity index (χ3v) is 5.34. The quantitative estimate of drug-likeness (QED) is 0.731. The number of aromatic nitrogens is 1. The van der Waals surface area contributed by atoms with Gasteiger partial charge < -0.3 is 4.57 Å². The van der Waals surface area contributed by atoms with Gasteiger partial charge in [-0.05, 0) is 44.6 Å². The molecule has 2 nitrogen and oxygen atoms in total. The zero-order chi connectivity index (χ0) is 14.5. The summed E-state index contributed by atoms with van der Waals surface area (Å²) in [5.41, 5.74) is 3.94. The monoisotopic (exact) mass is 273 g/mol. The number of nitrogens with zero attached hydrogens (tertiary/aromatic N) is 1. The number of carbonyl (C=O) groups excluding carboxylic acids is 1. The highest BCUT2D eigenvalue weighted by Gasteiger charge is 2.38. The van der Waals surface area contributed by atoms with Crippen LogP contribution >= 0.6 is 0 Å². The second-order valence-electron chi connectivity index (χ2n) is 7.98. The SMILES string of the molecule is Cc1cc2c(n1C1(C)CCCCC1)CC(C)(C)CC2=O. The Morgan fingerprint density at radius 3 is 2.35 bits per heavy atom. The van der Waals surface area contributed by atoms with Crippen molar-refractivity contribution in [2.75, 3.05) is 0 Å². The van der Waals surface area contributed by atoms with Crippen LogP contribution < -0.4 is 0 Å². The standard InChI is InChI=1S/C18H27NO/c1-13-10-14-15(11-17(2,3)12-16(14)20)19(13)18(4)8-6-5-7-9-18/h10H,5-9,11-12H2,1-4H3. The topological polar surface area (TPSA) is 22.0 Å². The minimum atomic E-state index is 0.109. The van der Waals surface area contributed by atoms with Gasteiger partial charge in [-0.2, -0.15) is 0 Å². The molecule has 110 valence electrons.